The number of nitrogens with zero attached hydrogens (tertiary/aromatic N) is 3. The highest BCUT2D eigenvalue weighted by Crippen LogP contribution is 2.17. The van der Waals surface area contributed by atoms with Gasteiger partial charge in [-0.2, -0.15) is 0 Å². The summed E-state index contributed by atoms with van der Waals surface area (Å²) in [5, 5.41) is 2.55. The van der Waals surface area contributed by atoms with Gasteiger partial charge < -0.3 is 10.2 Å². The SMILES string of the molecule is Cc1nc2ccc(C(=O)NC3CCN(C(=O)C(C)Cl)CC3)cc2nc1C. The van der Waals surface area contributed by atoms with Gasteiger partial charge in [-0.05, 0) is 51.8 Å². The Hall–Kier alpha value is -2.21. The molecule has 0 aliphatic carbocycles. The van der Waals surface area contributed by atoms with Crippen LogP contribution in [0.4, 0.5) is 0 Å². The molecule has 1 saturated heterocycles. The molecule has 1 atom stereocenters. The van der Waals surface area contributed by atoms with E-state index in [-0.39, 0.29) is 17.9 Å². The first-order valence-electron chi connectivity index (χ1n) is 8.84. The number of rotatable bonds is 3. The van der Waals surface area contributed by atoms with Gasteiger partial charge in [0.15, 0.2) is 0 Å². The molecule has 7 heteroatoms. The zero-order valence-corrected chi connectivity index (χ0v) is 16.0. The van der Waals surface area contributed by atoms with Crippen LogP contribution in [0.5, 0.6) is 0 Å². The van der Waals surface area contributed by atoms with E-state index in [0.29, 0.717) is 18.7 Å². The number of nitrogens with one attached hydrogen (secondary N) is 1. The predicted molar refractivity (Wildman–Crippen MR) is 101 cm³/mol. The van der Waals surface area contributed by atoms with E-state index < -0.39 is 5.38 Å². The standard InChI is InChI=1S/C19H23ClN4O2/c1-11(20)19(26)24-8-6-15(7-9-24)23-18(25)14-4-5-16-17(10-14)22-13(3)12(2)21-16/h4-5,10-11,15H,6-9H2,1-3H3,(H,23,25). The first kappa shape index (κ1) is 18.6. The van der Waals surface area contributed by atoms with Crippen LogP contribution in [0.15, 0.2) is 18.2 Å². The molecule has 0 radical (unpaired) electrons. The number of hydrogen-bond donors (Lipinski definition) is 1. The molecule has 2 aromatic rings. The first-order chi connectivity index (χ1) is 12.3. The number of amides is 2. The Morgan fingerprint density at radius 1 is 1.15 bits per heavy atom. The number of alkyl halides is 1. The summed E-state index contributed by atoms with van der Waals surface area (Å²) < 4.78 is 0. The van der Waals surface area contributed by atoms with Crippen molar-refractivity contribution in [2.24, 2.45) is 0 Å². The van der Waals surface area contributed by atoms with Crippen LogP contribution in [0.3, 0.4) is 0 Å². The van der Waals surface area contributed by atoms with Gasteiger partial charge in [0.1, 0.15) is 5.38 Å². The van der Waals surface area contributed by atoms with E-state index >= 15 is 0 Å². The summed E-state index contributed by atoms with van der Waals surface area (Å²) in [5.41, 5.74) is 3.83. The molecular formula is C19H23ClN4O2. The number of carbonyl (C=O) groups excluding carboxylic acids is 2. The molecule has 6 nitrogen and oxygen atoms in total. The molecule has 0 spiro atoms. The molecule has 2 amide bonds. The lowest BCUT2D eigenvalue weighted by Crippen LogP contribution is -2.48. The summed E-state index contributed by atoms with van der Waals surface area (Å²) in [5.74, 6) is -0.169. The highest BCUT2D eigenvalue weighted by Gasteiger charge is 2.26. The van der Waals surface area contributed by atoms with Gasteiger partial charge in [0.25, 0.3) is 5.91 Å². The summed E-state index contributed by atoms with van der Waals surface area (Å²) in [6.45, 7) is 6.74. The van der Waals surface area contributed by atoms with Crippen LogP contribution in [0.25, 0.3) is 11.0 Å². The van der Waals surface area contributed by atoms with E-state index in [1.165, 1.54) is 0 Å². The van der Waals surface area contributed by atoms with Crippen molar-refractivity contribution in [2.75, 3.05) is 13.1 Å². The number of benzene rings is 1. The molecule has 1 aliphatic rings. The van der Waals surface area contributed by atoms with E-state index in [0.717, 1.165) is 35.3 Å². The largest absolute Gasteiger partial charge is 0.349 e. The van der Waals surface area contributed by atoms with Crippen molar-refractivity contribution in [3.05, 3.63) is 35.2 Å². The minimum atomic E-state index is -0.507. The number of halogens is 1. The molecule has 2 heterocycles. The normalized spacial score (nSPS) is 16.5. The summed E-state index contributed by atoms with van der Waals surface area (Å²) >= 11 is 5.86. The van der Waals surface area contributed by atoms with Crippen molar-refractivity contribution < 1.29 is 9.59 Å². The van der Waals surface area contributed by atoms with Crippen molar-refractivity contribution in [1.29, 1.82) is 0 Å². The summed E-state index contributed by atoms with van der Waals surface area (Å²) in [4.78, 5) is 35.2. The lowest BCUT2D eigenvalue weighted by Gasteiger charge is -2.33. The van der Waals surface area contributed by atoms with Gasteiger partial charge in [0, 0.05) is 24.7 Å². The molecule has 1 aliphatic heterocycles. The Morgan fingerprint density at radius 3 is 2.38 bits per heavy atom. The Morgan fingerprint density at radius 2 is 1.77 bits per heavy atom. The Labute approximate surface area is 157 Å². The highest BCUT2D eigenvalue weighted by atomic mass is 35.5. The van der Waals surface area contributed by atoms with Crippen molar-refractivity contribution in [1.82, 2.24) is 20.2 Å². The molecule has 1 unspecified atom stereocenters. The average Bonchev–Trinajstić information content (AvgIpc) is 2.62. The van der Waals surface area contributed by atoms with Gasteiger partial charge in [-0.15, -0.1) is 11.6 Å². The maximum Gasteiger partial charge on any atom is 0.251 e. The zero-order chi connectivity index (χ0) is 18.8. The van der Waals surface area contributed by atoms with Crippen LogP contribution >= 0.6 is 11.6 Å². The minimum Gasteiger partial charge on any atom is -0.349 e. The molecule has 26 heavy (non-hydrogen) atoms. The lowest BCUT2D eigenvalue weighted by molar-refractivity contribution is -0.131. The maximum absolute atomic E-state index is 12.6. The van der Waals surface area contributed by atoms with Gasteiger partial charge in [0.2, 0.25) is 5.91 Å². The second-order valence-corrected chi connectivity index (χ2v) is 7.44. The van der Waals surface area contributed by atoms with Crippen molar-refractivity contribution >= 4 is 34.4 Å². The first-order valence-corrected chi connectivity index (χ1v) is 9.27. The number of carbonyl (C=O) groups is 2. The predicted octanol–water partition coefficient (Wildman–Crippen LogP) is 2.59. The van der Waals surface area contributed by atoms with Crippen LogP contribution in [0.1, 0.15) is 41.5 Å². The van der Waals surface area contributed by atoms with Crippen LogP contribution in [-0.4, -0.2) is 51.2 Å². The number of likely N-dealkylation sites (tertiary alicyclic amines) is 1. The fourth-order valence-electron chi connectivity index (χ4n) is 3.14. The van der Waals surface area contributed by atoms with Crippen LogP contribution < -0.4 is 5.32 Å². The lowest BCUT2D eigenvalue weighted by atomic mass is 10.0. The third-order valence-electron chi connectivity index (χ3n) is 4.82. The van der Waals surface area contributed by atoms with Crippen LogP contribution in [-0.2, 0) is 4.79 Å². The maximum atomic E-state index is 12.6. The topological polar surface area (TPSA) is 75.2 Å². The number of aryl methyl sites for hydroxylation is 2. The van der Waals surface area contributed by atoms with Gasteiger partial charge in [-0.25, -0.2) is 9.97 Å². The highest BCUT2D eigenvalue weighted by molar-refractivity contribution is 6.30. The second kappa shape index (κ2) is 7.58. The minimum absolute atomic E-state index is 0.0461. The molecule has 1 aromatic carbocycles. The molecule has 0 saturated carbocycles. The van der Waals surface area contributed by atoms with Crippen molar-refractivity contribution in [3.8, 4) is 0 Å². The monoisotopic (exact) mass is 374 g/mol. The van der Waals surface area contributed by atoms with E-state index in [9.17, 15) is 9.59 Å². The molecule has 1 aromatic heterocycles. The van der Waals surface area contributed by atoms with Crippen molar-refractivity contribution in [2.45, 2.75) is 45.0 Å². The van der Waals surface area contributed by atoms with Gasteiger partial charge in [-0.3, -0.25) is 9.59 Å². The number of piperidine rings is 1. The van der Waals surface area contributed by atoms with E-state index in [2.05, 4.69) is 15.3 Å². The van der Waals surface area contributed by atoms with Crippen LogP contribution in [0, 0.1) is 13.8 Å². The molecule has 1 N–H and O–H groups in total. The summed E-state index contributed by atoms with van der Waals surface area (Å²) in [6, 6.07) is 5.43. The van der Waals surface area contributed by atoms with Gasteiger partial charge >= 0.3 is 0 Å². The van der Waals surface area contributed by atoms with E-state index in [1.807, 2.05) is 19.9 Å². The smallest absolute Gasteiger partial charge is 0.251 e. The van der Waals surface area contributed by atoms with E-state index in [1.54, 1.807) is 24.0 Å². The van der Waals surface area contributed by atoms with Gasteiger partial charge in [-0.1, -0.05) is 0 Å². The zero-order valence-electron chi connectivity index (χ0n) is 15.3. The van der Waals surface area contributed by atoms with Crippen LogP contribution in [0.2, 0.25) is 0 Å². The third-order valence-corrected chi connectivity index (χ3v) is 5.01. The summed E-state index contributed by atoms with van der Waals surface area (Å²) in [6.07, 6.45) is 1.46. The number of fused-ring (bicyclic) bond motifs is 1. The second-order valence-electron chi connectivity index (χ2n) is 6.79. The quantitative estimate of drug-likeness (QED) is 0.838. The Bertz CT molecular complexity index is 845. The van der Waals surface area contributed by atoms with Crippen molar-refractivity contribution in [3.63, 3.8) is 0 Å². The molecule has 1 fully saturated rings. The average molecular weight is 375 g/mol. The fourth-order valence-corrected chi connectivity index (χ4v) is 3.27. The van der Waals surface area contributed by atoms with E-state index in [4.69, 9.17) is 11.6 Å². The number of aromatic nitrogens is 2. The number of hydrogen-bond acceptors (Lipinski definition) is 4. The van der Waals surface area contributed by atoms with Gasteiger partial charge in [0.05, 0.1) is 22.4 Å². The molecule has 3 rings (SSSR count). The Balaban J connectivity index is 1.65. The molecular weight excluding hydrogens is 352 g/mol. The summed E-state index contributed by atoms with van der Waals surface area (Å²) in [7, 11) is 0. The third kappa shape index (κ3) is 3.96. The fraction of sp³-hybridized carbons (Fsp3) is 0.474. The Kier molecular flexibility index (Phi) is 5.41. The molecule has 138 valence electrons. The molecule has 0 bridgehead atoms.